The Morgan fingerprint density at radius 3 is 2.78 bits per heavy atom. The fourth-order valence-corrected chi connectivity index (χ4v) is 0.444. The fraction of sp³-hybridized carbons (Fsp3) is 0.500. The lowest BCUT2D eigenvalue weighted by molar-refractivity contribution is -0.148. The normalized spacial score (nSPS) is 22.4. The summed E-state index contributed by atoms with van der Waals surface area (Å²) in [6, 6.07) is 0. The van der Waals surface area contributed by atoms with Crippen molar-refractivity contribution in [2.45, 2.75) is 12.5 Å². The smallest absolute Gasteiger partial charge is 0.348 e. The minimum Gasteiger partial charge on any atom is -0.478 e. The predicted octanol–water partition coefficient (Wildman–Crippen LogP) is 0.268. The molecule has 1 unspecified atom stereocenters. The van der Waals surface area contributed by atoms with Crippen molar-refractivity contribution in [2.24, 2.45) is 5.16 Å². The summed E-state index contributed by atoms with van der Waals surface area (Å²) in [4.78, 5) is 14.4. The lowest BCUT2D eigenvalue weighted by Gasteiger charge is -1.97. The third-order valence-corrected chi connectivity index (χ3v) is 0.858. The van der Waals surface area contributed by atoms with Gasteiger partial charge >= 0.3 is 5.97 Å². The highest BCUT2D eigenvalue weighted by Gasteiger charge is 2.20. The monoisotopic (exact) mass is 151 g/mol. The highest BCUT2D eigenvalue weighted by molar-refractivity contribution is 5.85. The largest absolute Gasteiger partial charge is 0.478 e. The molecule has 1 atom stereocenters. The van der Waals surface area contributed by atoms with Gasteiger partial charge in [0.25, 0.3) is 0 Å². The predicted molar refractivity (Wildman–Crippen MR) is 32.9 cm³/mol. The van der Waals surface area contributed by atoms with Crippen LogP contribution in [-0.4, -0.2) is 23.4 Å². The van der Waals surface area contributed by atoms with Gasteiger partial charge in [-0.25, -0.2) is 4.79 Å². The average Bonchev–Trinajstić information content (AvgIpc) is 2.12. The first-order valence-corrected chi connectivity index (χ1v) is 2.21. The minimum atomic E-state index is -0.956. The first-order valence-electron chi connectivity index (χ1n) is 2.21. The van der Waals surface area contributed by atoms with Crippen molar-refractivity contribution in [3.8, 4) is 0 Å². The molecule has 9 heavy (non-hydrogen) atoms. The van der Waals surface area contributed by atoms with Gasteiger partial charge in [-0.1, -0.05) is 5.16 Å². The SMILES string of the molecule is Cl.O=C(O)C1CC=NO1. The number of rotatable bonds is 1. The number of carboxylic acid groups (broad SMARTS) is 1. The summed E-state index contributed by atoms with van der Waals surface area (Å²) in [5, 5.41) is 11.5. The Kier molecular flexibility index (Phi) is 3.01. The zero-order valence-electron chi connectivity index (χ0n) is 4.48. The van der Waals surface area contributed by atoms with Crippen molar-refractivity contribution in [1.29, 1.82) is 0 Å². The van der Waals surface area contributed by atoms with Crippen LogP contribution in [0.1, 0.15) is 6.42 Å². The Labute approximate surface area is 57.9 Å². The van der Waals surface area contributed by atoms with Crippen LogP contribution >= 0.6 is 12.4 Å². The maximum Gasteiger partial charge on any atom is 0.348 e. The molecule has 0 saturated heterocycles. The van der Waals surface area contributed by atoms with Crippen LogP contribution in [-0.2, 0) is 9.63 Å². The van der Waals surface area contributed by atoms with Gasteiger partial charge in [0.1, 0.15) is 0 Å². The van der Waals surface area contributed by atoms with Crippen LogP contribution in [0.5, 0.6) is 0 Å². The van der Waals surface area contributed by atoms with Crippen molar-refractivity contribution in [3.05, 3.63) is 0 Å². The molecule has 0 radical (unpaired) electrons. The van der Waals surface area contributed by atoms with Gasteiger partial charge in [0.15, 0.2) is 0 Å². The van der Waals surface area contributed by atoms with Crippen LogP contribution in [0.4, 0.5) is 0 Å². The van der Waals surface area contributed by atoms with E-state index in [4.69, 9.17) is 5.11 Å². The van der Waals surface area contributed by atoms with Gasteiger partial charge in [0, 0.05) is 12.6 Å². The quantitative estimate of drug-likeness (QED) is 0.585. The molecule has 0 aromatic carbocycles. The van der Waals surface area contributed by atoms with Gasteiger partial charge in [-0.15, -0.1) is 12.4 Å². The molecule has 1 aliphatic heterocycles. The van der Waals surface area contributed by atoms with Crippen LogP contribution < -0.4 is 0 Å². The molecule has 0 bridgehead atoms. The van der Waals surface area contributed by atoms with Crippen LogP contribution in [0, 0.1) is 0 Å². The van der Waals surface area contributed by atoms with Crippen molar-refractivity contribution in [2.75, 3.05) is 0 Å². The van der Waals surface area contributed by atoms with E-state index in [1.807, 2.05) is 0 Å². The molecule has 4 nitrogen and oxygen atoms in total. The number of halogens is 1. The molecular formula is C4H6ClNO3. The van der Waals surface area contributed by atoms with E-state index in [1.165, 1.54) is 6.21 Å². The molecular weight excluding hydrogens is 146 g/mol. The van der Waals surface area contributed by atoms with Crippen LogP contribution in [0.2, 0.25) is 0 Å². The Morgan fingerprint density at radius 1 is 1.89 bits per heavy atom. The lowest BCUT2D eigenvalue weighted by atomic mass is 10.3. The topological polar surface area (TPSA) is 58.9 Å². The minimum absolute atomic E-state index is 0. The van der Waals surface area contributed by atoms with Crippen molar-refractivity contribution < 1.29 is 14.7 Å². The molecule has 1 rings (SSSR count). The Balaban J connectivity index is 0.000000640. The van der Waals surface area contributed by atoms with E-state index in [1.54, 1.807) is 0 Å². The fourth-order valence-electron chi connectivity index (χ4n) is 0.444. The molecule has 5 heteroatoms. The van der Waals surface area contributed by atoms with Gasteiger partial charge < -0.3 is 9.94 Å². The molecule has 0 aromatic rings. The first-order chi connectivity index (χ1) is 3.80. The van der Waals surface area contributed by atoms with Crippen LogP contribution in [0.15, 0.2) is 5.16 Å². The third kappa shape index (κ3) is 1.89. The number of hydrogen-bond acceptors (Lipinski definition) is 3. The molecule has 1 N–H and O–H groups in total. The molecule has 0 saturated carbocycles. The molecule has 0 fully saturated rings. The zero-order chi connectivity index (χ0) is 5.98. The van der Waals surface area contributed by atoms with E-state index in [2.05, 4.69) is 9.99 Å². The summed E-state index contributed by atoms with van der Waals surface area (Å²) < 4.78 is 0. The number of carbonyl (C=O) groups is 1. The van der Waals surface area contributed by atoms with E-state index in [0.717, 1.165) is 0 Å². The Hall–Kier alpha value is -0.770. The number of hydrogen-bond donors (Lipinski definition) is 1. The van der Waals surface area contributed by atoms with Crippen LogP contribution in [0.25, 0.3) is 0 Å². The summed E-state index contributed by atoms with van der Waals surface area (Å²) >= 11 is 0. The number of carboxylic acids is 1. The van der Waals surface area contributed by atoms with E-state index in [9.17, 15) is 4.79 Å². The second-order valence-electron chi connectivity index (χ2n) is 1.46. The lowest BCUT2D eigenvalue weighted by Crippen LogP contribution is -2.17. The molecule has 1 aliphatic rings. The zero-order valence-corrected chi connectivity index (χ0v) is 5.30. The number of oxime groups is 1. The van der Waals surface area contributed by atoms with E-state index >= 15 is 0 Å². The van der Waals surface area contributed by atoms with E-state index in [-0.39, 0.29) is 12.4 Å². The summed E-state index contributed by atoms with van der Waals surface area (Å²) in [5.41, 5.74) is 0. The highest BCUT2D eigenvalue weighted by Crippen LogP contribution is 2.03. The summed E-state index contributed by atoms with van der Waals surface area (Å²) in [5.74, 6) is -0.956. The molecule has 0 spiro atoms. The standard InChI is InChI=1S/C4H5NO3.ClH/c6-4(7)3-1-2-5-8-3;/h2-3H,1H2,(H,6,7);1H. The van der Waals surface area contributed by atoms with Crippen molar-refractivity contribution in [1.82, 2.24) is 0 Å². The first kappa shape index (κ1) is 8.23. The van der Waals surface area contributed by atoms with E-state index < -0.39 is 12.1 Å². The van der Waals surface area contributed by atoms with Gasteiger partial charge in [-0.3, -0.25) is 0 Å². The summed E-state index contributed by atoms with van der Waals surface area (Å²) in [6.07, 6.45) is 1.09. The second-order valence-corrected chi connectivity index (χ2v) is 1.46. The molecule has 1 heterocycles. The van der Waals surface area contributed by atoms with Gasteiger partial charge in [-0.2, -0.15) is 0 Å². The molecule has 52 valence electrons. The van der Waals surface area contributed by atoms with Crippen molar-refractivity contribution in [3.63, 3.8) is 0 Å². The Bertz CT molecular complexity index is 128. The summed E-state index contributed by atoms with van der Waals surface area (Å²) in [6.45, 7) is 0. The maximum absolute atomic E-state index is 10.00. The van der Waals surface area contributed by atoms with Crippen LogP contribution in [0.3, 0.4) is 0 Å². The Morgan fingerprint density at radius 2 is 2.56 bits per heavy atom. The molecule has 0 aliphatic carbocycles. The summed E-state index contributed by atoms with van der Waals surface area (Å²) in [7, 11) is 0. The number of aliphatic carboxylic acids is 1. The average molecular weight is 152 g/mol. The molecule has 0 amide bonds. The number of nitrogens with zero attached hydrogens (tertiary/aromatic N) is 1. The van der Waals surface area contributed by atoms with Gasteiger partial charge in [0.2, 0.25) is 6.10 Å². The third-order valence-electron chi connectivity index (χ3n) is 0.858. The highest BCUT2D eigenvalue weighted by atomic mass is 35.5. The van der Waals surface area contributed by atoms with Gasteiger partial charge in [0.05, 0.1) is 0 Å². The maximum atomic E-state index is 10.00. The van der Waals surface area contributed by atoms with E-state index in [0.29, 0.717) is 6.42 Å². The second kappa shape index (κ2) is 3.29. The molecule has 0 aromatic heterocycles. The van der Waals surface area contributed by atoms with Crippen molar-refractivity contribution >= 4 is 24.6 Å². The van der Waals surface area contributed by atoms with Gasteiger partial charge in [-0.05, 0) is 0 Å².